The fraction of sp³-hybridized carbons (Fsp3) is 0.308. The molecule has 0 bridgehead atoms. The van der Waals surface area contributed by atoms with E-state index in [1.165, 1.54) is 41.7 Å². The summed E-state index contributed by atoms with van der Waals surface area (Å²) < 4.78 is 24.7. The molecule has 0 fully saturated rings. The smallest absolute Gasteiger partial charge is 0.127 e. The van der Waals surface area contributed by atoms with Crippen molar-refractivity contribution < 1.29 is 13.9 Å². The monoisotopic (exact) mass is 392 g/mol. The first-order valence-electron chi connectivity index (χ1n) is 10.4. The molecule has 0 saturated carbocycles. The molecular formula is C26H29FO2. The molecular weight excluding hydrogens is 363 g/mol. The van der Waals surface area contributed by atoms with E-state index in [-0.39, 0.29) is 5.82 Å². The van der Waals surface area contributed by atoms with Gasteiger partial charge < -0.3 is 9.47 Å². The molecule has 3 rings (SSSR count). The van der Waals surface area contributed by atoms with E-state index in [1.54, 1.807) is 12.1 Å². The van der Waals surface area contributed by atoms with E-state index in [4.69, 9.17) is 9.47 Å². The summed E-state index contributed by atoms with van der Waals surface area (Å²) in [6.45, 7) is 7.16. The van der Waals surface area contributed by atoms with Crippen LogP contribution in [-0.4, -0.2) is 6.61 Å². The molecule has 0 saturated heterocycles. The summed E-state index contributed by atoms with van der Waals surface area (Å²) in [6.07, 6.45) is 3.34. The first kappa shape index (κ1) is 20.9. The molecule has 3 aromatic carbocycles. The molecule has 1 atom stereocenters. The number of hydrogen-bond acceptors (Lipinski definition) is 2. The molecule has 2 nitrogen and oxygen atoms in total. The maximum Gasteiger partial charge on any atom is 0.127 e. The summed E-state index contributed by atoms with van der Waals surface area (Å²) in [7, 11) is 0. The normalized spacial score (nSPS) is 11.9. The first-order valence-corrected chi connectivity index (χ1v) is 10.4. The van der Waals surface area contributed by atoms with Crippen LogP contribution in [0.4, 0.5) is 4.39 Å². The zero-order chi connectivity index (χ0) is 20.6. The van der Waals surface area contributed by atoms with Gasteiger partial charge in [-0.25, -0.2) is 4.39 Å². The fourth-order valence-electron chi connectivity index (χ4n) is 3.59. The molecule has 0 N–H and O–H groups in total. The van der Waals surface area contributed by atoms with E-state index in [9.17, 15) is 4.39 Å². The van der Waals surface area contributed by atoms with Crippen molar-refractivity contribution in [2.75, 3.05) is 6.61 Å². The van der Waals surface area contributed by atoms with Crippen molar-refractivity contribution in [2.45, 2.75) is 40.0 Å². The standard InChI is InChI=1S/C26H29FO2/c1-4-6-19(3)17-21-18-25(29-24-13-9-22(27)10-14-24)15-16-26(21)20-7-11-23(12-8-20)28-5-2/h7-16,18-19H,4-6,17H2,1-3H3. The molecule has 0 aliphatic rings. The van der Waals surface area contributed by atoms with Crippen LogP contribution in [0.2, 0.25) is 0 Å². The Morgan fingerprint density at radius 3 is 2.14 bits per heavy atom. The van der Waals surface area contributed by atoms with E-state index >= 15 is 0 Å². The van der Waals surface area contributed by atoms with E-state index < -0.39 is 0 Å². The highest BCUT2D eigenvalue weighted by Crippen LogP contribution is 2.33. The highest BCUT2D eigenvalue weighted by atomic mass is 19.1. The van der Waals surface area contributed by atoms with Gasteiger partial charge in [-0.2, -0.15) is 0 Å². The Morgan fingerprint density at radius 1 is 0.828 bits per heavy atom. The molecule has 3 aromatic rings. The van der Waals surface area contributed by atoms with Crippen molar-refractivity contribution in [2.24, 2.45) is 5.92 Å². The number of benzene rings is 3. The SMILES string of the molecule is CCCC(C)Cc1cc(Oc2ccc(F)cc2)ccc1-c1ccc(OCC)cc1. The molecule has 0 amide bonds. The topological polar surface area (TPSA) is 18.5 Å². The predicted octanol–water partition coefficient (Wildman–Crippen LogP) is 7.66. The summed E-state index contributed by atoms with van der Waals surface area (Å²) in [4.78, 5) is 0. The first-order chi connectivity index (χ1) is 14.1. The van der Waals surface area contributed by atoms with E-state index in [0.29, 0.717) is 18.3 Å². The Labute approximate surface area is 173 Å². The molecule has 0 spiro atoms. The van der Waals surface area contributed by atoms with Gasteiger partial charge >= 0.3 is 0 Å². The molecule has 152 valence electrons. The fourth-order valence-corrected chi connectivity index (χ4v) is 3.59. The third-order valence-corrected chi connectivity index (χ3v) is 4.95. The molecule has 0 aromatic heterocycles. The van der Waals surface area contributed by atoms with Gasteiger partial charge in [0.15, 0.2) is 0 Å². The number of ether oxygens (including phenoxy) is 2. The van der Waals surface area contributed by atoms with Crippen molar-refractivity contribution in [3.05, 3.63) is 78.1 Å². The van der Waals surface area contributed by atoms with Gasteiger partial charge in [0, 0.05) is 0 Å². The Morgan fingerprint density at radius 2 is 1.48 bits per heavy atom. The molecule has 0 heterocycles. The van der Waals surface area contributed by atoms with Gasteiger partial charge in [-0.1, -0.05) is 44.9 Å². The lowest BCUT2D eigenvalue weighted by atomic mass is 9.91. The summed E-state index contributed by atoms with van der Waals surface area (Å²) in [6, 6.07) is 20.6. The van der Waals surface area contributed by atoms with Crippen LogP contribution >= 0.6 is 0 Å². The second-order valence-corrected chi connectivity index (χ2v) is 7.43. The van der Waals surface area contributed by atoms with Crippen LogP contribution in [0.15, 0.2) is 66.7 Å². The minimum Gasteiger partial charge on any atom is -0.494 e. The lowest BCUT2D eigenvalue weighted by molar-refractivity contribution is 0.340. The molecule has 0 radical (unpaired) electrons. The summed E-state index contributed by atoms with van der Waals surface area (Å²) in [5.41, 5.74) is 3.64. The summed E-state index contributed by atoms with van der Waals surface area (Å²) in [5, 5.41) is 0. The third-order valence-electron chi connectivity index (χ3n) is 4.95. The minimum absolute atomic E-state index is 0.266. The third kappa shape index (κ3) is 5.83. The second kappa shape index (κ2) is 10.1. The minimum atomic E-state index is -0.266. The maximum absolute atomic E-state index is 13.2. The Hall–Kier alpha value is -2.81. The lowest BCUT2D eigenvalue weighted by Gasteiger charge is -2.17. The van der Waals surface area contributed by atoms with Crippen LogP contribution in [-0.2, 0) is 6.42 Å². The van der Waals surface area contributed by atoms with Gasteiger partial charge in [-0.05, 0) is 84.5 Å². The highest BCUT2D eigenvalue weighted by molar-refractivity contribution is 5.69. The Balaban J connectivity index is 1.90. The van der Waals surface area contributed by atoms with Gasteiger partial charge in [-0.15, -0.1) is 0 Å². The highest BCUT2D eigenvalue weighted by Gasteiger charge is 2.12. The van der Waals surface area contributed by atoms with Gasteiger partial charge in [0.2, 0.25) is 0 Å². The van der Waals surface area contributed by atoms with Crippen LogP contribution in [0.25, 0.3) is 11.1 Å². The van der Waals surface area contributed by atoms with Gasteiger partial charge in [0.25, 0.3) is 0 Å². The van der Waals surface area contributed by atoms with Crippen molar-refractivity contribution in [3.8, 4) is 28.4 Å². The Bertz CT molecular complexity index is 901. The largest absolute Gasteiger partial charge is 0.494 e. The zero-order valence-electron chi connectivity index (χ0n) is 17.5. The van der Waals surface area contributed by atoms with Crippen LogP contribution < -0.4 is 9.47 Å². The van der Waals surface area contributed by atoms with Crippen molar-refractivity contribution >= 4 is 0 Å². The van der Waals surface area contributed by atoms with Crippen LogP contribution in [0.1, 0.15) is 39.2 Å². The van der Waals surface area contributed by atoms with E-state index in [1.807, 2.05) is 25.1 Å². The summed E-state index contributed by atoms with van der Waals surface area (Å²) in [5.74, 6) is 2.60. The van der Waals surface area contributed by atoms with Crippen molar-refractivity contribution in [1.82, 2.24) is 0 Å². The molecule has 29 heavy (non-hydrogen) atoms. The number of hydrogen-bond donors (Lipinski definition) is 0. The number of rotatable bonds is 9. The molecule has 0 aliphatic carbocycles. The summed E-state index contributed by atoms with van der Waals surface area (Å²) >= 11 is 0. The van der Waals surface area contributed by atoms with E-state index in [0.717, 1.165) is 17.9 Å². The van der Waals surface area contributed by atoms with E-state index in [2.05, 4.69) is 38.1 Å². The van der Waals surface area contributed by atoms with Gasteiger partial charge in [-0.3, -0.25) is 0 Å². The molecule has 1 unspecified atom stereocenters. The zero-order valence-corrected chi connectivity index (χ0v) is 17.5. The average Bonchev–Trinajstić information content (AvgIpc) is 2.71. The maximum atomic E-state index is 13.2. The quantitative estimate of drug-likeness (QED) is 0.372. The van der Waals surface area contributed by atoms with Gasteiger partial charge in [0.05, 0.1) is 6.61 Å². The van der Waals surface area contributed by atoms with Crippen LogP contribution in [0, 0.1) is 11.7 Å². The number of halogens is 1. The lowest BCUT2D eigenvalue weighted by Crippen LogP contribution is -2.02. The van der Waals surface area contributed by atoms with Crippen molar-refractivity contribution in [3.63, 3.8) is 0 Å². The van der Waals surface area contributed by atoms with Gasteiger partial charge in [0.1, 0.15) is 23.1 Å². The molecule has 3 heteroatoms. The van der Waals surface area contributed by atoms with Crippen LogP contribution in [0.5, 0.6) is 17.2 Å². The molecule has 0 aliphatic heterocycles. The second-order valence-electron chi connectivity index (χ2n) is 7.43. The van der Waals surface area contributed by atoms with Crippen LogP contribution in [0.3, 0.4) is 0 Å². The van der Waals surface area contributed by atoms with Crippen molar-refractivity contribution in [1.29, 1.82) is 0 Å². The average molecular weight is 393 g/mol. The predicted molar refractivity (Wildman–Crippen MR) is 117 cm³/mol. The Kier molecular flexibility index (Phi) is 7.29.